The Bertz CT molecular complexity index is 239. The molecule has 0 amide bonds. The summed E-state index contributed by atoms with van der Waals surface area (Å²) in [6, 6.07) is 0. The molecule has 0 aliphatic rings. The maximum absolute atomic E-state index is 10.2. The first kappa shape index (κ1) is 16.2. The summed E-state index contributed by atoms with van der Waals surface area (Å²) in [7, 11) is -4.24. The molecule has 6 heteroatoms. The molecular weight excluding hydrogens is 248 g/mol. The van der Waals surface area contributed by atoms with E-state index in [0.717, 1.165) is 18.6 Å². The molecule has 0 rings (SSSR count). The van der Waals surface area contributed by atoms with Crippen LogP contribution in [0.15, 0.2) is 0 Å². The van der Waals surface area contributed by atoms with Crippen LogP contribution < -0.4 is 0 Å². The van der Waals surface area contributed by atoms with Crippen LogP contribution in [0.1, 0.15) is 51.4 Å². The highest BCUT2D eigenvalue weighted by Gasteiger charge is 2.02. The van der Waals surface area contributed by atoms with Crippen LogP contribution in [0.3, 0.4) is 0 Å². The van der Waals surface area contributed by atoms with Crippen LogP contribution in [0.2, 0.25) is 0 Å². The highest BCUT2D eigenvalue weighted by Crippen LogP contribution is 2.09. The van der Waals surface area contributed by atoms with Gasteiger partial charge in [-0.3, -0.25) is 4.55 Å². The summed E-state index contributed by atoms with van der Waals surface area (Å²) in [4.78, 5) is 0. The largest absolute Gasteiger partial charge is 0.397 e. The first-order chi connectivity index (χ1) is 7.56. The van der Waals surface area contributed by atoms with E-state index in [4.69, 9.17) is 4.55 Å². The molecule has 0 spiro atoms. The molecule has 0 fully saturated rings. The van der Waals surface area contributed by atoms with E-state index in [9.17, 15) is 8.42 Å². The number of rotatable bonds is 11. The minimum atomic E-state index is -4.24. The van der Waals surface area contributed by atoms with Gasteiger partial charge in [0.2, 0.25) is 0 Å². The summed E-state index contributed by atoms with van der Waals surface area (Å²) < 4.78 is 32.9. The molecule has 0 bridgehead atoms. The van der Waals surface area contributed by atoms with Crippen LogP contribution in [0.5, 0.6) is 0 Å². The minimum absolute atomic E-state index is 0.0818. The molecule has 0 saturated carbocycles. The highest BCUT2D eigenvalue weighted by atomic mass is 32.3. The number of hydrogen-bond acceptors (Lipinski definition) is 4. The van der Waals surface area contributed by atoms with Gasteiger partial charge in [0, 0.05) is 0 Å². The number of hydrogen-bond donors (Lipinski definition) is 2. The van der Waals surface area contributed by atoms with Gasteiger partial charge >= 0.3 is 10.4 Å². The number of thiol groups is 1. The Balaban J connectivity index is 3.05. The maximum atomic E-state index is 10.2. The Morgan fingerprint density at radius 1 is 0.875 bits per heavy atom. The average molecular weight is 270 g/mol. The van der Waals surface area contributed by atoms with Gasteiger partial charge in [0.25, 0.3) is 0 Å². The Morgan fingerprint density at radius 3 is 1.75 bits per heavy atom. The summed E-state index contributed by atoms with van der Waals surface area (Å²) in [6.45, 7) is 0.0818. The Kier molecular flexibility index (Phi) is 10.5. The van der Waals surface area contributed by atoms with Gasteiger partial charge in [-0.15, -0.1) is 0 Å². The van der Waals surface area contributed by atoms with E-state index in [2.05, 4.69) is 16.8 Å². The molecule has 98 valence electrons. The van der Waals surface area contributed by atoms with Crippen molar-refractivity contribution in [1.29, 1.82) is 0 Å². The second-order valence-corrected chi connectivity index (χ2v) is 5.34. The molecule has 1 N–H and O–H groups in total. The smallest absolute Gasteiger partial charge is 0.264 e. The van der Waals surface area contributed by atoms with Gasteiger partial charge in [-0.05, 0) is 18.6 Å². The molecule has 0 aromatic carbocycles. The van der Waals surface area contributed by atoms with Gasteiger partial charge in [0.1, 0.15) is 0 Å². The van der Waals surface area contributed by atoms with Crippen molar-refractivity contribution in [2.24, 2.45) is 0 Å². The van der Waals surface area contributed by atoms with Crippen molar-refractivity contribution in [1.82, 2.24) is 0 Å². The monoisotopic (exact) mass is 270 g/mol. The highest BCUT2D eigenvalue weighted by molar-refractivity contribution is 7.80. The van der Waals surface area contributed by atoms with Gasteiger partial charge in [-0.2, -0.15) is 21.0 Å². The molecule has 0 aromatic heterocycles. The van der Waals surface area contributed by atoms with E-state index in [-0.39, 0.29) is 6.61 Å². The second-order valence-electron chi connectivity index (χ2n) is 3.80. The normalized spacial score (nSPS) is 11.9. The lowest BCUT2D eigenvalue weighted by Gasteiger charge is -2.01. The van der Waals surface area contributed by atoms with E-state index in [1.165, 1.54) is 32.1 Å². The first-order valence-electron chi connectivity index (χ1n) is 5.79. The van der Waals surface area contributed by atoms with Crippen LogP contribution in [0.4, 0.5) is 0 Å². The summed E-state index contributed by atoms with van der Waals surface area (Å²) >= 11 is 4.14. The summed E-state index contributed by atoms with van der Waals surface area (Å²) in [5.41, 5.74) is 0. The third-order valence-electron chi connectivity index (χ3n) is 2.28. The van der Waals surface area contributed by atoms with Crippen molar-refractivity contribution in [2.75, 3.05) is 12.4 Å². The Morgan fingerprint density at radius 2 is 1.31 bits per heavy atom. The molecule has 0 aromatic rings. The quantitative estimate of drug-likeness (QED) is 0.344. The lowest BCUT2D eigenvalue weighted by Crippen LogP contribution is -2.04. The van der Waals surface area contributed by atoms with Crippen molar-refractivity contribution in [3.05, 3.63) is 0 Å². The Labute approximate surface area is 104 Å². The molecule has 0 aliphatic carbocycles. The first-order valence-corrected chi connectivity index (χ1v) is 7.79. The van der Waals surface area contributed by atoms with Crippen LogP contribution in [0, 0.1) is 0 Å². The van der Waals surface area contributed by atoms with Crippen molar-refractivity contribution in [2.45, 2.75) is 51.4 Å². The summed E-state index contributed by atoms with van der Waals surface area (Å²) in [5.74, 6) is 0.965. The van der Waals surface area contributed by atoms with Crippen LogP contribution in [-0.4, -0.2) is 25.3 Å². The zero-order valence-electron chi connectivity index (χ0n) is 9.60. The summed E-state index contributed by atoms with van der Waals surface area (Å²) in [6.07, 6.45) is 8.81. The van der Waals surface area contributed by atoms with Gasteiger partial charge in [-0.25, -0.2) is 4.18 Å². The van der Waals surface area contributed by atoms with Crippen LogP contribution >= 0.6 is 12.6 Å². The molecule has 4 nitrogen and oxygen atoms in total. The van der Waals surface area contributed by atoms with Gasteiger partial charge in [0.05, 0.1) is 6.61 Å². The van der Waals surface area contributed by atoms with Crippen LogP contribution in [0.25, 0.3) is 0 Å². The van der Waals surface area contributed by atoms with E-state index in [1.54, 1.807) is 0 Å². The second kappa shape index (κ2) is 10.4. The standard InChI is InChI=1S/C10H22O4S2/c11-16(12,13)14-9-7-5-3-1-2-4-6-8-10-15/h15H,1-10H2,(H,11,12,13). The SMILES string of the molecule is O=S(=O)(O)OCCCCCCCCCCS. The van der Waals surface area contributed by atoms with Gasteiger partial charge in [-0.1, -0.05) is 38.5 Å². The number of unbranched alkanes of at least 4 members (excludes halogenated alkanes) is 7. The zero-order chi connectivity index (χ0) is 12.3. The van der Waals surface area contributed by atoms with Crippen molar-refractivity contribution in [3.8, 4) is 0 Å². The topological polar surface area (TPSA) is 63.6 Å². The van der Waals surface area contributed by atoms with Crippen molar-refractivity contribution in [3.63, 3.8) is 0 Å². The molecule has 16 heavy (non-hydrogen) atoms. The van der Waals surface area contributed by atoms with Crippen molar-refractivity contribution >= 4 is 23.0 Å². The summed E-state index contributed by atoms with van der Waals surface area (Å²) in [5, 5.41) is 0. The fourth-order valence-corrected chi connectivity index (χ4v) is 1.99. The molecule has 0 unspecified atom stereocenters. The Hall–Kier alpha value is 0.220. The van der Waals surface area contributed by atoms with E-state index in [1.807, 2.05) is 0 Å². The van der Waals surface area contributed by atoms with E-state index < -0.39 is 10.4 Å². The van der Waals surface area contributed by atoms with Crippen LogP contribution in [-0.2, 0) is 14.6 Å². The van der Waals surface area contributed by atoms with Gasteiger partial charge in [0.15, 0.2) is 0 Å². The molecule has 0 saturated heterocycles. The van der Waals surface area contributed by atoms with Crippen molar-refractivity contribution < 1.29 is 17.2 Å². The fourth-order valence-electron chi connectivity index (χ4n) is 1.44. The zero-order valence-corrected chi connectivity index (χ0v) is 11.3. The average Bonchev–Trinajstić information content (AvgIpc) is 2.19. The third-order valence-corrected chi connectivity index (χ3v) is 3.07. The third kappa shape index (κ3) is 14.2. The molecule has 0 atom stereocenters. The van der Waals surface area contributed by atoms with E-state index in [0.29, 0.717) is 6.42 Å². The maximum Gasteiger partial charge on any atom is 0.397 e. The molecule has 0 radical (unpaired) electrons. The molecular formula is C10H22O4S2. The van der Waals surface area contributed by atoms with E-state index >= 15 is 0 Å². The minimum Gasteiger partial charge on any atom is -0.264 e. The predicted octanol–water partition coefficient (Wildman–Crippen LogP) is 2.86. The molecule has 0 heterocycles. The lowest BCUT2D eigenvalue weighted by atomic mass is 10.1. The van der Waals surface area contributed by atoms with Gasteiger partial charge < -0.3 is 0 Å². The molecule has 0 aliphatic heterocycles. The fraction of sp³-hybridized carbons (Fsp3) is 1.00. The lowest BCUT2D eigenvalue weighted by molar-refractivity contribution is 0.261. The predicted molar refractivity (Wildman–Crippen MR) is 68.3 cm³/mol.